The largest absolute Gasteiger partial charge is 0.497 e. The minimum atomic E-state index is -0.262. The smallest absolute Gasteiger partial charge is 0.147 e. The van der Waals surface area contributed by atoms with Crippen LogP contribution in [0.1, 0.15) is 12.0 Å². The van der Waals surface area contributed by atoms with E-state index in [1.54, 1.807) is 21.3 Å². The average molecular weight is 372 g/mol. The van der Waals surface area contributed by atoms with E-state index in [-0.39, 0.29) is 31.8 Å². The molecule has 7 heteroatoms. The first-order valence-electron chi connectivity index (χ1n) is 8.12. The summed E-state index contributed by atoms with van der Waals surface area (Å²) in [6.45, 7) is 1.08. The number of benzene rings is 1. The highest BCUT2D eigenvalue weighted by Gasteiger charge is 2.32. The molecule has 6 nitrogen and oxygen atoms in total. The van der Waals surface area contributed by atoms with Gasteiger partial charge in [0.05, 0.1) is 13.2 Å². The lowest BCUT2D eigenvalue weighted by atomic mass is 9.96. The Morgan fingerprint density at radius 2 is 1.72 bits per heavy atom. The summed E-state index contributed by atoms with van der Waals surface area (Å²) in [6.07, 6.45) is 2.13. The van der Waals surface area contributed by atoms with Gasteiger partial charge in [-0.1, -0.05) is 23.7 Å². The fourth-order valence-corrected chi connectivity index (χ4v) is 2.94. The van der Waals surface area contributed by atoms with E-state index in [1.165, 1.54) is 0 Å². The highest BCUT2D eigenvalue weighted by atomic mass is 35.5. The van der Waals surface area contributed by atoms with Crippen LogP contribution >= 0.6 is 11.6 Å². The van der Waals surface area contributed by atoms with Gasteiger partial charge in [-0.2, -0.15) is 0 Å². The predicted octanol–water partition coefficient (Wildman–Crippen LogP) is 2.66. The maximum Gasteiger partial charge on any atom is 0.147 e. The summed E-state index contributed by atoms with van der Waals surface area (Å²) in [6, 6.07) is 7.92. The van der Waals surface area contributed by atoms with Crippen LogP contribution in [0.4, 0.5) is 0 Å². The molecule has 1 aromatic carbocycles. The van der Waals surface area contributed by atoms with Crippen molar-refractivity contribution in [2.24, 2.45) is 0 Å². The molecule has 1 N–H and O–H groups in total. The van der Waals surface area contributed by atoms with Crippen molar-refractivity contribution in [3.63, 3.8) is 0 Å². The molecule has 1 aliphatic carbocycles. The Bertz CT molecular complexity index is 537. The molecule has 0 radical (unpaired) electrons. The SMILES string of the molecule is COCO[C@H]1C[C@@H](NCc2ccc(OC)cc2)C(Cl)=C[C@H]1OCOC. The molecule has 0 aromatic heterocycles. The van der Waals surface area contributed by atoms with Crippen LogP contribution in [0.3, 0.4) is 0 Å². The molecule has 0 saturated carbocycles. The summed E-state index contributed by atoms with van der Waals surface area (Å²) in [5.74, 6) is 0.838. The van der Waals surface area contributed by atoms with Crippen LogP contribution < -0.4 is 10.1 Å². The Hall–Kier alpha value is -1.15. The number of nitrogens with one attached hydrogen (secondary N) is 1. The van der Waals surface area contributed by atoms with Gasteiger partial charge in [0.15, 0.2) is 0 Å². The second-order valence-electron chi connectivity index (χ2n) is 5.72. The van der Waals surface area contributed by atoms with E-state index in [1.807, 2.05) is 30.3 Å². The van der Waals surface area contributed by atoms with Crippen molar-refractivity contribution < 1.29 is 23.7 Å². The summed E-state index contributed by atoms with van der Waals surface area (Å²) in [7, 11) is 4.83. The zero-order valence-electron chi connectivity index (χ0n) is 14.9. The number of hydrogen-bond donors (Lipinski definition) is 1. The van der Waals surface area contributed by atoms with Crippen LogP contribution in [-0.4, -0.2) is 53.2 Å². The van der Waals surface area contributed by atoms with E-state index < -0.39 is 0 Å². The lowest BCUT2D eigenvalue weighted by Gasteiger charge is -2.33. The highest BCUT2D eigenvalue weighted by molar-refractivity contribution is 6.30. The third-order valence-electron chi connectivity index (χ3n) is 3.98. The zero-order chi connectivity index (χ0) is 18.1. The van der Waals surface area contributed by atoms with Crippen molar-refractivity contribution in [3.8, 4) is 5.75 Å². The maximum absolute atomic E-state index is 6.44. The Labute approximate surface area is 154 Å². The first-order valence-corrected chi connectivity index (χ1v) is 8.50. The van der Waals surface area contributed by atoms with E-state index in [9.17, 15) is 0 Å². The minimum Gasteiger partial charge on any atom is -0.497 e. The van der Waals surface area contributed by atoms with E-state index in [0.717, 1.165) is 11.3 Å². The van der Waals surface area contributed by atoms with E-state index in [4.69, 9.17) is 35.3 Å². The van der Waals surface area contributed by atoms with Crippen molar-refractivity contribution >= 4 is 11.6 Å². The van der Waals surface area contributed by atoms with Gasteiger partial charge < -0.3 is 29.0 Å². The molecular formula is C18H26ClNO5. The normalized spacial score (nSPS) is 23.4. The predicted molar refractivity (Wildman–Crippen MR) is 95.7 cm³/mol. The standard InChI is InChI=1S/C18H26ClNO5/c1-21-11-24-17-8-15(19)16(9-18(17)25-12-22-2)20-10-13-4-6-14(23-3)7-5-13/h4-8,16-18,20H,9-12H2,1-3H3/t16-,17-,18+/m1/s1. The van der Waals surface area contributed by atoms with Crippen LogP contribution in [0.2, 0.25) is 0 Å². The third kappa shape index (κ3) is 6.26. The number of hydrogen-bond acceptors (Lipinski definition) is 6. The third-order valence-corrected chi connectivity index (χ3v) is 4.37. The quantitative estimate of drug-likeness (QED) is 0.638. The van der Waals surface area contributed by atoms with Gasteiger partial charge in [0.2, 0.25) is 0 Å². The average Bonchev–Trinajstić information content (AvgIpc) is 2.64. The fourth-order valence-electron chi connectivity index (χ4n) is 2.65. The van der Waals surface area contributed by atoms with Gasteiger partial charge in [0.25, 0.3) is 0 Å². The van der Waals surface area contributed by atoms with Crippen LogP contribution in [0.25, 0.3) is 0 Å². The molecule has 140 valence electrons. The molecule has 0 heterocycles. The van der Waals surface area contributed by atoms with Gasteiger partial charge in [-0.25, -0.2) is 0 Å². The number of methoxy groups -OCH3 is 3. The van der Waals surface area contributed by atoms with E-state index in [0.29, 0.717) is 18.0 Å². The lowest BCUT2D eigenvalue weighted by molar-refractivity contribution is -0.148. The minimum absolute atomic E-state index is 0.00646. The number of halogens is 1. The molecule has 25 heavy (non-hydrogen) atoms. The Balaban J connectivity index is 1.96. The molecule has 1 aromatic rings. The molecule has 3 atom stereocenters. The van der Waals surface area contributed by atoms with Crippen molar-refractivity contribution in [3.05, 3.63) is 40.9 Å². The molecule has 2 rings (SSSR count). The van der Waals surface area contributed by atoms with Gasteiger partial charge in [0.1, 0.15) is 25.4 Å². The fraction of sp³-hybridized carbons (Fsp3) is 0.556. The van der Waals surface area contributed by atoms with Gasteiger partial charge >= 0.3 is 0 Å². The van der Waals surface area contributed by atoms with Gasteiger partial charge in [-0.05, 0) is 30.2 Å². The maximum atomic E-state index is 6.44. The molecule has 0 unspecified atom stereocenters. The van der Waals surface area contributed by atoms with E-state index >= 15 is 0 Å². The molecule has 1 aliphatic rings. The molecular weight excluding hydrogens is 346 g/mol. The summed E-state index contributed by atoms with van der Waals surface area (Å²) >= 11 is 6.44. The zero-order valence-corrected chi connectivity index (χ0v) is 15.6. The lowest BCUT2D eigenvalue weighted by Crippen LogP contribution is -2.43. The first kappa shape index (κ1) is 20.2. The van der Waals surface area contributed by atoms with Crippen molar-refractivity contribution in [2.75, 3.05) is 34.9 Å². The Morgan fingerprint density at radius 3 is 2.36 bits per heavy atom. The molecule has 0 amide bonds. The monoisotopic (exact) mass is 371 g/mol. The molecule has 0 fully saturated rings. The summed E-state index contributed by atoms with van der Waals surface area (Å²) in [5, 5.41) is 4.17. The highest BCUT2D eigenvalue weighted by Crippen LogP contribution is 2.27. The summed E-state index contributed by atoms with van der Waals surface area (Å²) < 4.78 is 26.5. The Kier molecular flexibility index (Phi) is 8.67. The molecule has 0 spiro atoms. The second kappa shape index (κ2) is 10.8. The van der Waals surface area contributed by atoms with Crippen LogP contribution in [0.5, 0.6) is 5.75 Å². The van der Waals surface area contributed by atoms with Crippen LogP contribution in [0.15, 0.2) is 35.4 Å². The number of rotatable bonds is 10. The molecule has 0 aliphatic heterocycles. The first-order chi connectivity index (χ1) is 12.2. The van der Waals surface area contributed by atoms with Gasteiger partial charge in [0, 0.05) is 31.8 Å². The summed E-state index contributed by atoms with van der Waals surface area (Å²) in [5.41, 5.74) is 1.15. The second-order valence-corrected chi connectivity index (χ2v) is 6.15. The van der Waals surface area contributed by atoms with Crippen LogP contribution in [-0.2, 0) is 25.5 Å². The van der Waals surface area contributed by atoms with E-state index in [2.05, 4.69) is 5.32 Å². The van der Waals surface area contributed by atoms with Crippen molar-refractivity contribution in [1.29, 1.82) is 0 Å². The number of ether oxygens (including phenoxy) is 5. The topological polar surface area (TPSA) is 58.2 Å². The van der Waals surface area contributed by atoms with Gasteiger partial charge in [-0.3, -0.25) is 0 Å². The molecule has 0 bridgehead atoms. The van der Waals surface area contributed by atoms with Crippen molar-refractivity contribution in [1.82, 2.24) is 5.32 Å². The van der Waals surface area contributed by atoms with Crippen molar-refractivity contribution in [2.45, 2.75) is 31.2 Å². The Morgan fingerprint density at radius 1 is 1.04 bits per heavy atom. The molecule has 0 saturated heterocycles. The summed E-state index contributed by atoms with van der Waals surface area (Å²) in [4.78, 5) is 0. The van der Waals surface area contributed by atoms with Crippen LogP contribution in [0, 0.1) is 0 Å². The van der Waals surface area contributed by atoms with Gasteiger partial charge in [-0.15, -0.1) is 0 Å².